The number of ether oxygens (including phenoxy) is 3. The summed E-state index contributed by atoms with van der Waals surface area (Å²) < 4.78 is 16.6. The summed E-state index contributed by atoms with van der Waals surface area (Å²) in [5.41, 5.74) is -1.60. The summed E-state index contributed by atoms with van der Waals surface area (Å²) in [5, 5.41) is 11.6. The topological polar surface area (TPSA) is 102 Å². The quantitative estimate of drug-likeness (QED) is 0.439. The monoisotopic (exact) mass is 374 g/mol. The number of Topliss-reactive ketones (excluding diaryl/α,β-unsaturated/α-hetero) is 1. The fourth-order valence-corrected chi connectivity index (χ4v) is 4.67. The predicted octanol–water partition coefficient (Wildman–Crippen LogP) is 1.15. The lowest BCUT2D eigenvalue weighted by Gasteiger charge is -2.37. The van der Waals surface area contributed by atoms with Gasteiger partial charge in [-0.3, -0.25) is 4.79 Å². The molecule has 0 bridgehead atoms. The minimum Gasteiger partial charge on any atom is -0.458 e. The summed E-state index contributed by atoms with van der Waals surface area (Å²) in [5.74, 6) is -2.26. The van der Waals surface area contributed by atoms with E-state index in [1.165, 1.54) is 0 Å². The molecule has 4 aliphatic rings. The zero-order valence-corrected chi connectivity index (χ0v) is 15.7. The molecule has 27 heavy (non-hydrogen) atoms. The van der Waals surface area contributed by atoms with Crippen molar-refractivity contribution >= 4 is 17.7 Å². The lowest BCUT2D eigenvalue weighted by atomic mass is 9.76. The van der Waals surface area contributed by atoms with Crippen LogP contribution in [0.3, 0.4) is 0 Å². The van der Waals surface area contributed by atoms with E-state index in [1.54, 1.807) is 33.8 Å². The van der Waals surface area contributed by atoms with Gasteiger partial charge in [0.15, 0.2) is 17.5 Å². The molecule has 0 aromatic carbocycles. The molecule has 2 heterocycles. The lowest BCUT2D eigenvalue weighted by Crippen LogP contribution is -2.56. The Kier molecular flexibility index (Phi) is 3.62. The van der Waals surface area contributed by atoms with E-state index in [0.717, 1.165) is 0 Å². The van der Waals surface area contributed by atoms with Crippen LogP contribution in [0.15, 0.2) is 34.9 Å². The van der Waals surface area contributed by atoms with Crippen LogP contribution in [0, 0.1) is 5.92 Å². The molecule has 0 spiro atoms. The normalized spacial score (nSPS) is 43.0. The van der Waals surface area contributed by atoms with Gasteiger partial charge in [-0.2, -0.15) is 0 Å². The Labute approximate surface area is 156 Å². The van der Waals surface area contributed by atoms with E-state index in [2.05, 4.69) is 6.58 Å². The Bertz CT molecular complexity index is 866. The van der Waals surface area contributed by atoms with Crippen molar-refractivity contribution < 1.29 is 33.7 Å². The van der Waals surface area contributed by atoms with Crippen molar-refractivity contribution in [3.8, 4) is 0 Å². The summed E-state index contributed by atoms with van der Waals surface area (Å²) in [6.45, 7) is 10.5. The highest BCUT2D eigenvalue weighted by Gasteiger charge is 2.82. The number of rotatable bonds is 2. The highest BCUT2D eigenvalue weighted by atomic mass is 16.6. The predicted molar refractivity (Wildman–Crippen MR) is 92.4 cm³/mol. The van der Waals surface area contributed by atoms with Gasteiger partial charge < -0.3 is 19.3 Å². The molecule has 0 aromatic rings. The highest BCUT2D eigenvalue weighted by molar-refractivity contribution is 6.09. The molecule has 0 aromatic heterocycles. The lowest BCUT2D eigenvalue weighted by molar-refractivity contribution is -0.163. The number of aliphatic hydroxyl groups is 1. The maximum Gasteiger partial charge on any atom is 0.334 e. The minimum absolute atomic E-state index is 0.124. The van der Waals surface area contributed by atoms with Gasteiger partial charge in [0.1, 0.15) is 17.8 Å². The number of hydrogen-bond donors (Lipinski definition) is 1. The maximum absolute atomic E-state index is 12.8. The van der Waals surface area contributed by atoms with Crippen molar-refractivity contribution in [2.24, 2.45) is 5.92 Å². The molecule has 4 rings (SSSR count). The van der Waals surface area contributed by atoms with Crippen LogP contribution in [0.4, 0.5) is 0 Å². The van der Waals surface area contributed by atoms with Gasteiger partial charge in [0, 0.05) is 23.1 Å². The Balaban J connectivity index is 1.83. The molecule has 2 aliphatic carbocycles. The zero-order valence-electron chi connectivity index (χ0n) is 15.7. The van der Waals surface area contributed by atoms with E-state index < -0.39 is 47.4 Å². The van der Waals surface area contributed by atoms with Crippen LogP contribution in [-0.2, 0) is 28.6 Å². The molecule has 3 fully saturated rings. The molecule has 1 saturated carbocycles. The van der Waals surface area contributed by atoms with E-state index >= 15 is 0 Å². The van der Waals surface area contributed by atoms with Crippen LogP contribution in [0.2, 0.25) is 0 Å². The van der Waals surface area contributed by atoms with Gasteiger partial charge in [0.05, 0.1) is 5.92 Å². The minimum atomic E-state index is -1.80. The molecule has 2 saturated heterocycles. The standard InChI is InChI=1S/C20H22O7/c1-6-8(2)17(22)25-11-7-9(3)13-14(21)16-19(5,27-16)20(13,24)15-12(11)10(4)18(23)26-15/h6,11-12,15-16,24H,4,7H2,1-3,5H3/b8-6-/t11-,12-,15+,16-,19-,20-/m1/s1. The molecular weight excluding hydrogens is 352 g/mol. The average molecular weight is 374 g/mol. The highest BCUT2D eigenvalue weighted by Crippen LogP contribution is 2.62. The first-order chi connectivity index (χ1) is 12.6. The van der Waals surface area contributed by atoms with Gasteiger partial charge in [-0.1, -0.05) is 18.2 Å². The first-order valence-corrected chi connectivity index (χ1v) is 8.96. The van der Waals surface area contributed by atoms with Crippen molar-refractivity contribution in [3.63, 3.8) is 0 Å². The molecule has 0 radical (unpaired) electrons. The molecule has 144 valence electrons. The third-order valence-electron chi connectivity index (χ3n) is 6.41. The fourth-order valence-electron chi connectivity index (χ4n) is 4.67. The van der Waals surface area contributed by atoms with Crippen molar-refractivity contribution in [1.82, 2.24) is 0 Å². The Hall–Kier alpha value is -2.25. The van der Waals surface area contributed by atoms with E-state index in [-0.39, 0.29) is 23.4 Å². The second-order valence-corrected chi connectivity index (χ2v) is 7.89. The zero-order chi connectivity index (χ0) is 19.9. The van der Waals surface area contributed by atoms with Gasteiger partial charge in [-0.25, -0.2) is 9.59 Å². The van der Waals surface area contributed by atoms with Gasteiger partial charge in [0.25, 0.3) is 0 Å². The number of fused-ring (bicyclic) bond motifs is 5. The first kappa shape index (κ1) is 18.1. The Morgan fingerprint density at radius 3 is 2.70 bits per heavy atom. The maximum atomic E-state index is 12.8. The van der Waals surface area contributed by atoms with Crippen LogP contribution in [-0.4, -0.2) is 52.3 Å². The number of carbonyl (C=O) groups is 3. The van der Waals surface area contributed by atoms with Crippen molar-refractivity contribution in [1.29, 1.82) is 0 Å². The number of epoxide rings is 1. The van der Waals surface area contributed by atoms with Crippen LogP contribution in [0.5, 0.6) is 0 Å². The largest absolute Gasteiger partial charge is 0.458 e. The van der Waals surface area contributed by atoms with E-state index in [0.29, 0.717) is 11.1 Å². The van der Waals surface area contributed by atoms with Crippen molar-refractivity contribution in [2.45, 2.75) is 63.6 Å². The summed E-state index contributed by atoms with van der Waals surface area (Å²) in [7, 11) is 0. The van der Waals surface area contributed by atoms with Crippen LogP contribution in [0.1, 0.15) is 34.1 Å². The number of carbonyl (C=O) groups excluding carboxylic acids is 3. The van der Waals surface area contributed by atoms with Gasteiger partial charge in [-0.15, -0.1) is 0 Å². The average Bonchev–Trinajstić information content (AvgIpc) is 3.20. The van der Waals surface area contributed by atoms with Gasteiger partial charge in [-0.05, 0) is 27.7 Å². The fraction of sp³-hybridized carbons (Fsp3) is 0.550. The number of ketones is 1. The van der Waals surface area contributed by atoms with E-state index in [1.807, 2.05) is 0 Å². The van der Waals surface area contributed by atoms with Gasteiger partial charge in [0.2, 0.25) is 0 Å². The van der Waals surface area contributed by atoms with Gasteiger partial charge >= 0.3 is 11.9 Å². The third-order valence-corrected chi connectivity index (χ3v) is 6.41. The number of hydrogen-bond acceptors (Lipinski definition) is 7. The van der Waals surface area contributed by atoms with Crippen molar-refractivity contribution in [2.75, 3.05) is 0 Å². The summed E-state index contributed by atoms with van der Waals surface area (Å²) in [6.07, 6.45) is -0.805. The van der Waals surface area contributed by atoms with Crippen molar-refractivity contribution in [3.05, 3.63) is 34.9 Å². The molecule has 7 heteroatoms. The molecular formula is C20H22O7. The third kappa shape index (κ3) is 2.07. The summed E-state index contributed by atoms with van der Waals surface area (Å²) >= 11 is 0. The molecule has 0 amide bonds. The summed E-state index contributed by atoms with van der Waals surface area (Å²) in [4.78, 5) is 37.4. The molecule has 2 aliphatic heterocycles. The number of allylic oxidation sites excluding steroid dienone is 1. The van der Waals surface area contributed by atoms with Crippen LogP contribution >= 0.6 is 0 Å². The van der Waals surface area contributed by atoms with Crippen LogP contribution in [0.25, 0.3) is 0 Å². The Morgan fingerprint density at radius 1 is 1.41 bits per heavy atom. The number of esters is 2. The molecule has 7 nitrogen and oxygen atoms in total. The molecule has 1 N–H and O–H groups in total. The van der Waals surface area contributed by atoms with E-state index in [4.69, 9.17) is 14.2 Å². The molecule has 6 atom stereocenters. The smallest absolute Gasteiger partial charge is 0.334 e. The Morgan fingerprint density at radius 2 is 2.07 bits per heavy atom. The van der Waals surface area contributed by atoms with Crippen LogP contribution < -0.4 is 0 Å². The second kappa shape index (κ2) is 5.39. The van der Waals surface area contributed by atoms with E-state index in [9.17, 15) is 19.5 Å². The second-order valence-electron chi connectivity index (χ2n) is 7.89. The SMILES string of the molecule is C=C1C(=O)O[C@H]2[C@H]1[C@H](OC(=O)/C(C)=C\C)CC(C)=C1C(=O)[C@H]3O[C@@]3(C)[C@@]12O. The summed E-state index contributed by atoms with van der Waals surface area (Å²) in [6, 6.07) is 0. The molecule has 0 unspecified atom stereocenters. The first-order valence-electron chi connectivity index (χ1n) is 8.96.